The number of hydrogen-bond donors (Lipinski definition) is 4. The summed E-state index contributed by atoms with van der Waals surface area (Å²) in [6.45, 7) is 7.72. The Morgan fingerprint density at radius 3 is 2.42 bits per heavy atom. The Morgan fingerprint density at radius 1 is 1.26 bits per heavy atom. The lowest BCUT2D eigenvalue weighted by Crippen LogP contribution is -2.52. The summed E-state index contributed by atoms with van der Waals surface area (Å²) in [5.74, 6) is 0. The van der Waals surface area contributed by atoms with Gasteiger partial charge in [0.15, 0.2) is 10.2 Å². The third kappa shape index (κ3) is 5.48. The lowest BCUT2D eigenvalue weighted by atomic mass is 9.62. The van der Waals surface area contributed by atoms with Gasteiger partial charge in [-0.1, -0.05) is 20.8 Å². The molecule has 1 unspecified atom stereocenters. The smallest absolute Gasteiger partial charge is 0.166 e. The third-order valence-corrected chi connectivity index (χ3v) is 4.16. The minimum atomic E-state index is 0.173. The Balaban J connectivity index is 2.71. The predicted octanol–water partition coefficient (Wildman–Crippen LogP) is 1.50. The van der Waals surface area contributed by atoms with Crippen LogP contribution in [0, 0.1) is 10.8 Å². The maximum Gasteiger partial charge on any atom is 0.166 e. The summed E-state index contributed by atoms with van der Waals surface area (Å²) in [7, 11) is 1.84. The van der Waals surface area contributed by atoms with E-state index in [0.29, 0.717) is 16.3 Å². The average molecular weight is 303 g/mol. The van der Waals surface area contributed by atoms with Crippen LogP contribution in [0.1, 0.15) is 40.0 Å². The zero-order valence-electron chi connectivity index (χ0n) is 12.3. The molecule has 110 valence electrons. The van der Waals surface area contributed by atoms with Crippen molar-refractivity contribution in [2.45, 2.75) is 46.1 Å². The van der Waals surface area contributed by atoms with Crippen LogP contribution >= 0.6 is 24.4 Å². The van der Waals surface area contributed by atoms with Crippen LogP contribution in [0.4, 0.5) is 0 Å². The first-order valence-corrected chi connectivity index (χ1v) is 7.49. The molecule has 4 nitrogen and oxygen atoms in total. The first-order chi connectivity index (χ1) is 8.66. The van der Waals surface area contributed by atoms with Crippen LogP contribution < -0.4 is 21.7 Å². The molecule has 0 radical (unpaired) electrons. The largest absolute Gasteiger partial charge is 0.376 e. The molecule has 1 saturated carbocycles. The van der Waals surface area contributed by atoms with Gasteiger partial charge in [-0.05, 0) is 54.5 Å². The molecule has 0 amide bonds. The highest BCUT2D eigenvalue weighted by Crippen LogP contribution is 2.45. The molecule has 1 fully saturated rings. The second kappa shape index (κ2) is 6.22. The van der Waals surface area contributed by atoms with Gasteiger partial charge in [0.1, 0.15) is 0 Å². The summed E-state index contributed by atoms with van der Waals surface area (Å²) in [6.07, 6.45) is 3.34. The predicted molar refractivity (Wildman–Crippen MR) is 89.1 cm³/mol. The molecule has 0 aromatic carbocycles. The van der Waals surface area contributed by atoms with E-state index in [4.69, 9.17) is 30.2 Å². The van der Waals surface area contributed by atoms with Gasteiger partial charge in [0.2, 0.25) is 0 Å². The minimum absolute atomic E-state index is 0.173. The van der Waals surface area contributed by atoms with E-state index >= 15 is 0 Å². The van der Waals surface area contributed by atoms with Crippen molar-refractivity contribution in [3.63, 3.8) is 0 Å². The maximum atomic E-state index is 5.55. The van der Waals surface area contributed by atoms with E-state index in [1.165, 1.54) is 0 Å². The van der Waals surface area contributed by atoms with Gasteiger partial charge < -0.3 is 21.7 Å². The van der Waals surface area contributed by atoms with Gasteiger partial charge >= 0.3 is 0 Å². The first-order valence-electron chi connectivity index (χ1n) is 6.67. The van der Waals surface area contributed by atoms with Crippen LogP contribution in [0.5, 0.6) is 0 Å². The molecule has 19 heavy (non-hydrogen) atoms. The van der Waals surface area contributed by atoms with Crippen molar-refractivity contribution >= 4 is 34.7 Å². The van der Waals surface area contributed by atoms with Crippen molar-refractivity contribution in [3.05, 3.63) is 0 Å². The molecule has 5 N–H and O–H groups in total. The summed E-state index contributed by atoms with van der Waals surface area (Å²) < 4.78 is 0. The van der Waals surface area contributed by atoms with E-state index in [-0.39, 0.29) is 10.8 Å². The van der Waals surface area contributed by atoms with Gasteiger partial charge in [-0.2, -0.15) is 0 Å². The monoisotopic (exact) mass is 302 g/mol. The second-order valence-electron chi connectivity index (χ2n) is 6.70. The van der Waals surface area contributed by atoms with Crippen LogP contribution in [-0.4, -0.2) is 29.9 Å². The summed E-state index contributed by atoms with van der Waals surface area (Å²) in [5.41, 5.74) is 6.00. The zero-order valence-corrected chi connectivity index (χ0v) is 13.9. The van der Waals surface area contributed by atoms with Crippen molar-refractivity contribution in [1.29, 1.82) is 0 Å². The van der Waals surface area contributed by atoms with Gasteiger partial charge in [0.05, 0.1) is 0 Å². The van der Waals surface area contributed by atoms with Gasteiger partial charge in [-0.3, -0.25) is 0 Å². The molecule has 0 aliphatic heterocycles. The number of nitrogens with two attached hydrogens (primary N) is 1. The summed E-state index contributed by atoms with van der Waals surface area (Å²) >= 11 is 10.1. The molecular formula is C13H26N4S2. The summed E-state index contributed by atoms with van der Waals surface area (Å²) in [4.78, 5) is 0. The topological polar surface area (TPSA) is 62.1 Å². The van der Waals surface area contributed by atoms with Gasteiger partial charge in [0.25, 0.3) is 0 Å². The fourth-order valence-corrected chi connectivity index (χ4v) is 3.67. The molecule has 2 atom stereocenters. The molecule has 6 heteroatoms. The van der Waals surface area contributed by atoms with Gasteiger partial charge in [-0.25, -0.2) is 0 Å². The number of thiocarbonyl (C=S) groups is 2. The van der Waals surface area contributed by atoms with Crippen molar-refractivity contribution < 1.29 is 0 Å². The van der Waals surface area contributed by atoms with Crippen molar-refractivity contribution in [1.82, 2.24) is 16.0 Å². The van der Waals surface area contributed by atoms with Gasteiger partial charge in [-0.15, -0.1) is 0 Å². The normalized spacial score (nSPS) is 29.4. The molecule has 0 heterocycles. The number of nitrogens with one attached hydrogen (secondary N) is 3. The fourth-order valence-electron chi connectivity index (χ4n) is 3.43. The average Bonchev–Trinajstić information content (AvgIpc) is 2.23. The minimum Gasteiger partial charge on any atom is -0.376 e. The quantitative estimate of drug-likeness (QED) is 0.593. The Morgan fingerprint density at radius 2 is 1.89 bits per heavy atom. The van der Waals surface area contributed by atoms with E-state index in [0.717, 1.165) is 25.8 Å². The van der Waals surface area contributed by atoms with E-state index in [1.807, 2.05) is 7.05 Å². The molecule has 0 spiro atoms. The molecule has 0 aromatic heterocycles. The van der Waals surface area contributed by atoms with Crippen molar-refractivity contribution in [2.24, 2.45) is 16.6 Å². The van der Waals surface area contributed by atoms with Gasteiger partial charge in [0, 0.05) is 19.6 Å². The molecule has 0 saturated heterocycles. The number of hydrogen-bond acceptors (Lipinski definition) is 2. The van der Waals surface area contributed by atoms with Crippen LogP contribution in [0.3, 0.4) is 0 Å². The van der Waals surface area contributed by atoms with E-state index < -0.39 is 0 Å². The Kier molecular flexibility index (Phi) is 5.38. The highest BCUT2D eigenvalue weighted by atomic mass is 32.1. The third-order valence-electron chi connectivity index (χ3n) is 3.70. The van der Waals surface area contributed by atoms with Crippen LogP contribution in [0.15, 0.2) is 0 Å². The molecule has 1 aliphatic rings. The van der Waals surface area contributed by atoms with Crippen LogP contribution in [0.2, 0.25) is 0 Å². The Bertz CT molecular complexity index is 357. The molecule has 0 aromatic rings. The lowest BCUT2D eigenvalue weighted by Gasteiger charge is -2.47. The van der Waals surface area contributed by atoms with E-state index in [2.05, 4.69) is 36.7 Å². The van der Waals surface area contributed by atoms with Crippen molar-refractivity contribution in [3.8, 4) is 0 Å². The van der Waals surface area contributed by atoms with Crippen LogP contribution in [0.25, 0.3) is 0 Å². The number of rotatable bonds is 3. The lowest BCUT2D eigenvalue weighted by molar-refractivity contribution is 0.0804. The maximum absolute atomic E-state index is 5.55. The SMILES string of the molecule is CNC(=S)N[C@@H]1CC(C)(C)CC(C)(CNC(N)=S)C1. The Hall–Kier alpha value is -0.620. The standard InChI is InChI=1S/C13H26N4S2/c1-12(2)5-9(17-11(19)15-4)6-13(3,7-12)8-16-10(14)18/h9H,5-8H2,1-4H3,(H3,14,16,18)(H2,15,17,19)/t9-,13?/m1/s1. The highest BCUT2D eigenvalue weighted by Gasteiger charge is 2.41. The molecule has 0 bridgehead atoms. The zero-order chi connectivity index (χ0) is 14.7. The fraction of sp³-hybridized carbons (Fsp3) is 0.846. The molecular weight excluding hydrogens is 276 g/mol. The molecule has 1 rings (SSSR count). The molecule has 1 aliphatic carbocycles. The highest BCUT2D eigenvalue weighted by molar-refractivity contribution is 7.80. The van der Waals surface area contributed by atoms with Crippen LogP contribution in [-0.2, 0) is 0 Å². The second-order valence-corrected chi connectivity index (χ2v) is 7.55. The summed E-state index contributed by atoms with van der Waals surface area (Å²) in [5, 5.41) is 10.6. The van der Waals surface area contributed by atoms with E-state index in [9.17, 15) is 0 Å². The van der Waals surface area contributed by atoms with E-state index in [1.54, 1.807) is 0 Å². The Labute approximate surface area is 127 Å². The summed E-state index contributed by atoms with van der Waals surface area (Å²) in [6, 6.07) is 0.391. The first kappa shape index (κ1) is 16.4. The van der Waals surface area contributed by atoms with Crippen molar-refractivity contribution in [2.75, 3.05) is 13.6 Å².